The summed E-state index contributed by atoms with van der Waals surface area (Å²) in [6.07, 6.45) is 6.46. The first-order valence-corrected chi connectivity index (χ1v) is 18.4. The van der Waals surface area contributed by atoms with Crippen LogP contribution in [0.3, 0.4) is 0 Å². The van der Waals surface area contributed by atoms with Crippen molar-refractivity contribution in [2.45, 2.75) is 109 Å². The average Bonchev–Trinajstić information content (AvgIpc) is 3.68. The number of H-pyrrole nitrogens is 2. The number of amides is 2. The van der Waals surface area contributed by atoms with Crippen molar-refractivity contribution in [1.82, 2.24) is 29.7 Å². The van der Waals surface area contributed by atoms with E-state index in [0.717, 1.165) is 87.9 Å². The molecule has 2 saturated heterocycles. The van der Waals surface area contributed by atoms with Crippen molar-refractivity contribution in [3.63, 3.8) is 0 Å². The Labute approximate surface area is 297 Å². The highest BCUT2D eigenvalue weighted by Gasteiger charge is 2.56. The minimum Gasteiger partial charge on any atom is -0.444 e. The molecule has 2 aliphatic carbocycles. The first kappa shape index (κ1) is 32.1. The van der Waals surface area contributed by atoms with Crippen molar-refractivity contribution in [2.24, 2.45) is 11.8 Å². The van der Waals surface area contributed by atoms with Crippen LogP contribution in [-0.2, 0) is 9.47 Å². The van der Waals surface area contributed by atoms with Crippen LogP contribution in [0.5, 0.6) is 0 Å². The fraction of sp³-hybridized carbons (Fsp3) is 0.463. The van der Waals surface area contributed by atoms with Crippen LogP contribution < -0.4 is 0 Å². The van der Waals surface area contributed by atoms with Gasteiger partial charge in [-0.15, -0.1) is 0 Å². The van der Waals surface area contributed by atoms with E-state index in [9.17, 15) is 9.59 Å². The van der Waals surface area contributed by atoms with Gasteiger partial charge in [0.2, 0.25) is 0 Å². The molecule has 2 amide bonds. The van der Waals surface area contributed by atoms with Gasteiger partial charge in [0.05, 0.1) is 35.0 Å². The molecular weight excluding hydrogens is 640 g/mol. The van der Waals surface area contributed by atoms with Crippen molar-refractivity contribution >= 4 is 34.0 Å². The van der Waals surface area contributed by atoms with Gasteiger partial charge in [0.1, 0.15) is 22.9 Å². The van der Waals surface area contributed by atoms with Crippen molar-refractivity contribution < 1.29 is 19.1 Å². The maximum absolute atomic E-state index is 13.2. The maximum atomic E-state index is 13.2. The Kier molecular flexibility index (Phi) is 7.12. The zero-order valence-corrected chi connectivity index (χ0v) is 30.2. The number of hydrogen-bond donors (Lipinski definition) is 2. The van der Waals surface area contributed by atoms with Gasteiger partial charge >= 0.3 is 12.2 Å². The number of nitrogens with zero attached hydrogens (tertiary/aromatic N) is 4. The van der Waals surface area contributed by atoms with Crippen molar-refractivity contribution in [3.8, 4) is 22.4 Å². The number of likely N-dealkylation sites (tertiary alicyclic amines) is 2. The van der Waals surface area contributed by atoms with E-state index >= 15 is 0 Å². The SMILES string of the molecule is CC(C)(C)OC(=O)N1[C@@H]2CC[C@@H](C2)[C@H]1c1ncc(-c2ccc(-c3ccc4c(ccc5[nH]c([C@@H]6C[C@H]7C[C@H]7N6C(=O)OC(C)(C)C)nc54)c3)cc2)[nH]1. The topological polar surface area (TPSA) is 116 Å². The molecule has 5 aromatic rings. The lowest BCUT2D eigenvalue weighted by Gasteiger charge is -2.35. The van der Waals surface area contributed by atoms with E-state index in [2.05, 4.69) is 64.6 Å². The second-order valence-electron chi connectivity index (χ2n) is 17.0. The van der Waals surface area contributed by atoms with E-state index in [1.807, 2.05) is 57.5 Å². The smallest absolute Gasteiger partial charge is 0.411 e. The third-order valence-corrected chi connectivity index (χ3v) is 11.1. The van der Waals surface area contributed by atoms with Crippen LogP contribution in [-0.4, -0.2) is 65.2 Å². The van der Waals surface area contributed by atoms with Gasteiger partial charge in [0, 0.05) is 17.5 Å². The van der Waals surface area contributed by atoms with Gasteiger partial charge in [-0.05, 0) is 120 Å². The van der Waals surface area contributed by atoms with Crippen LogP contribution in [0.25, 0.3) is 44.2 Å². The number of carbonyl (C=O) groups is 2. The number of aromatic nitrogens is 4. The molecular formula is C41H46N6O4. The number of hydrogen-bond acceptors (Lipinski definition) is 6. The van der Waals surface area contributed by atoms with Crippen LogP contribution in [0.1, 0.15) is 97.4 Å². The Morgan fingerprint density at radius 3 is 2.20 bits per heavy atom. The molecule has 2 aromatic heterocycles. The lowest BCUT2D eigenvalue weighted by Crippen LogP contribution is -2.43. The summed E-state index contributed by atoms with van der Waals surface area (Å²) in [5.41, 5.74) is 5.03. The number of carbonyl (C=O) groups excluding carboxylic acids is 2. The van der Waals surface area contributed by atoms with Gasteiger partial charge in [0.25, 0.3) is 0 Å². The molecule has 0 unspecified atom stereocenters. The van der Waals surface area contributed by atoms with E-state index in [-0.39, 0.29) is 36.4 Å². The molecule has 10 heteroatoms. The monoisotopic (exact) mass is 686 g/mol. The Bertz CT molecular complexity index is 2170. The second kappa shape index (κ2) is 11.3. The Balaban J connectivity index is 0.943. The van der Waals surface area contributed by atoms with Gasteiger partial charge in [-0.2, -0.15) is 0 Å². The summed E-state index contributed by atoms with van der Waals surface area (Å²) in [7, 11) is 0. The van der Waals surface area contributed by atoms with Gasteiger partial charge in [0.15, 0.2) is 0 Å². The molecule has 2 aliphatic heterocycles. The molecule has 51 heavy (non-hydrogen) atoms. The van der Waals surface area contributed by atoms with Crippen LogP contribution >= 0.6 is 0 Å². The molecule has 10 nitrogen and oxygen atoms in total. The third kappa shape index (κ3) is 5.72. The fourth-order valence-electron chi connectivity index (χ4n) is 8.83. The highest BCUT2D eigenvalue weighted by atomic mass is 16.6. The average molecular weight is 687 g/mol. The molecule has 2 saturated carbocycles. The molecule has 4 heterocycles. The predicted molar refractivity (Wildman–Crippen MR) is 196 cm³/mol. The van der Waals surface area contributed by atoms with Crippen molar-refractivity contribution in [1.29, 1.82) is 0 Å². The Morgan fingerprint density at radius 1 is 0.745 bits per heavy atom. The molecule has 4 fully saturated rings. The van der Waals surface area contributed by atoms with Crippen LogP contribution in [0.2, 0.25) is 0 Å². The molecule has 2 N–H and O–H groups in total. The van der Waals surface area contributed by atoms with Crippen LogP contribution in [0.4, 0.5) is 9.59 Å². The first-order valence-electron chi connectivity index (χ1n) is 18.4. The summed E-state index contributed by atoms with van der Waals surface area (Å²) >= 11 is 0. The van der Waals surface area contributed by atoms with Crippen molar-refractivity contribution in [3.05, 3.63) is 72.4 Å². The number of fused-ring (bicyclic) bond motifs is 6. The van der Waals surface area contributed by atoms with Gasteiger partial charge < -0.3 is 19.4 Å². The quantitative estimate of drug-likeness (QED) is 0.195. The number of rotatable bonds is 4. The molecule has 264 valence electrons. The Hall–Kier alpha value is -4.86. The molecule has 6 atom stereocenters. The predicted octanol–water partition coefficient (Wildman–Crippen LogP) is 9.30. The maximum Gasteiger partial charge on any atom is 0.411 e. The van der Waals surface area contributed by atoms with E-state index < -0.39 is 11.2 Å². The zero-order valence-electron chi connectivity index (χ0n) is 30.2. The normalized spacial score (nSPS) is 25.5. The summed E-state index contributed by atoms with van der Waals surface area (Å²) in [5, 5.41) is 2.19. The molecule has 0 radical (unpaired) electrons. The molecule has 9 rings (SSSR count). The van der Waals surface area contributed by atoms with Gasteiger partial charge in [-0.25, -0.2) is 19.6 Å². The standard InChI is InChI=1S/C41H46N6O4/c1-40(2,3)50-38(48)46-28-14-11-26(18-28)35(46)37-42-21-31(44-37)23-9-7-22(8-10-23)24-12-15-29-25(17-24)13-16-30-34(29)45-36(43-30)33-20-27-19-32(27)47(33)39(49)51-41(4,5)6/h7-10,12-13,15-17,21,26-28,32-33,35H,11,14,18-20H2,1-6H3,(H,42,44)(H,43,45)/t26-,27+,28+,32+,33-,35-/m0/s1. The number of piperidine rings is 2. The number of ether oxygens (including phenoxy) is 2. The first-order chi connectivity index (χ1) is 24.3. The molecule has 3 aromatic carbocycles. The molecule has 2 bridgehead atoms. The number of nitrogens with one attached hydrogen (secondary N) is 2. The Morgan fingerprint density at radius 2 is 1.45 bits per heavy atom. The number of benzene rings is 3. The second-order valence-corrected chi connectivity index (χ2v) is 17.0. The van der Waals surface area contributed by atoms with E-state index in [1.54, 1.807) is 0 Å². The summed E-state index contributed by atoms with van der Waals surface area (Å²) in [6, 6.07) is 19.5. The number of imidazole rings is 2. The lowest BCUT2D eigenvalue weighted by atomic mass is 9.98. The highest BCUT2D eigenvalue weighted by molar-refractivity contribution is 6.05. The fourth-order valence-corrected chi connectivity index (χ4v) is 8.83. The van der Waals surface area contributed by atoms with Gasteiger partial charge in [-0.1, -0.05) is 42.5 Å². The largest absolute Gasteiger partial charge is 0.444 e. The zero-order chi connectivity index (χ0) is 35.4. The lowest BCUT2D eigenvalue weighted by molar-refractivity contribution is 0.00611. The van der Waals surface area contributed by atoms with Crippen LogP contribution in [0.15, 0.2) is 60.8 Å². The third-order valence-electron chi connectivity index (χ3n) is 11.1. The van der Waals surface area contributed by atoms with Crippen LogP contribution in [0, 0.1) is 11.8 Å². The summed E-state index contributed by atoms with van der Waals surface area (Å²) in [5.74, 6) is 2.58. The van der Waals surface area contributed by atoms with E-state index in [1.165, 1.54) is 0 Å². The minimum atomic E-state index is -0.540. The summed E-state index contributed by atoms with van der Waals surface area (Å²) in [6.45, 7) is 11.5. The summed E-state index contributed by atoms with van der Waals surface area (Å²) in [4.78, 5) is 47.2. The van der Waals surface area contributed by atoms with E-state index in [4.69, 9.17) is 19.4 Å². The highest BCUT2D eigenvalue weighted by Crippen LogP contribution is 2.54. The molecule has 0 spiro atoms. The van der Waals surface area contributed by atoms with Crippen molar-refractivity contribution in [2.75, 3.05) is 0 Å². The number of aromatic amines is 2. The van der Waals surface area contributed by atoms with Gasteiger partial charge in [-0.3, -0.25) is 9.80 Å². The molecule has 4 aliphatic rings. The van der Waals surface area contributed by atoms with E-state index in [0.29, 0.717) is 11.8 Å². The minimum absolute atomic E-state index is 0.0889. The summed E-state index contributed by atoms with van der Waals surface area (Å²) < 4.78 is 11.6.